The average Bonchev–Trinajstić information content (AvgIpc) is 3.00. The van der Waals surface area contributed by atoms with Crippen molar-refractivity contribution >= 4 is 5.69 Å². The zero-order chi connectivity index (χ0) is 16.0. The fourth-order valence-corrected chi connectivity index (χ4v) is 4.55. The molecule has 1 unspecified atom stereocenters. The van der Waals surface area contributed by atoms with Crippen LogP contribution in [0.15, 0.2) is 48.5 Å². The van der Waals surface area contributed by atoms with Gasteiger partial charge in [-0.25, -0.2) is 0 Å². The van der Waals surface area contributed by atoms with Crippen LogP contribution in [0.25, 0.3) is 0 Å². The molecule has 3 nitrogen and oxygen atoms in total. The number of hydrogen-bond acceptors (Lipinski definition) is 3. The molecule has 2 aliphatic heterocycles. The van der Waals surface area contributed by atoms with Crippen molar-refractivity contribution in [3.05, 3.63) is 59.7 Å². The second-order valence-corrected chi connectivity index (χ2v) is 7.13. The van der Waals surface area contributed by atoms with Gasteiger partial charge in [-0.05, 0) is 42.2 Å². The van der Waals surface area contributed by atoms with E-state index in [1.54, 1.807) is 6.07 Å². The minimum Gasteiger partial charge on any atom is -0.508 e. The number of phenolic OH excluding ortho intramolecular Hbond substituents is 1. The Morgan fingerprint density at radius 1 is 1.17 bits per heavy atom. The fraction of sp³-hybridized carbons (Fsp3) is 0.400. The van der Waals surface area contributed by atoms with Crippen molar-refractivity contribution in [1.29, 1.82) is 0 Å². The largest absolute Gasteiger partial charge is 0.508 e. The second-order valence-electron chi connectivity index (χ2n) is 7.13. The van der Waals surface area contributed by atoms with Gasteiger partial charge < -0.3 is 10.0 Å². The fourth-order valence-electron chi connectivity index (χ4n) is 4.55. The number of fused-ring (bicyclic) bond motifs is 3. The van der Waals surface area contributed by atoms with E-state index in [1.165, 1.54) is 16.8 Å². The second kappa shape index (κ2) is 5.27. The number of anilines is 1. The van der Waals surface area contributed by atoms with Crippen LogP contribution in [0.2, 0.25) is 0 Å². The maximum atomic E-state index is 9.90. The summed E-state index contributed by atoms with van der Waals surface area (Å²) in [5.74, 6) is 0.377. The molecule has 2 aromatic rings. The Balaban J connectivity index is 1.58. The Hall–Kier alpha value is -2.00. The molecule has 120 valence electrons. The maximum absolute atomic E-state index is 9.90. The summed E-state index contributed by atoms with van der Waals surface area (Å²) in [6, 6.07) is 16.5. The Kier molecular flexibility index (Phi) is 3.34. The van der Waals surface area contributed by atoms with E-state index in [1.807, 2.05) is 6.07 Å². The van der Waals surface area contributed by atoms with Crippen LogP contribution < -0.4 is 4.90 Å². The van der Waals surface area contributed by atoms with Crippen molar-refractivity contribution < 1.29 is 5.11 Å². The number of aromatic hydroxyl groups is 1. The molecule has 0 amide bonds. The van der Waals surface area contributed by atoms with Gasteiger partial charge in [-0.1, -0.05) is 37.3 Å². The van der Waals surface area contributed by atoms with E-state index in [4.69, 9.17) is 0 Å². The molecule has 23 heavy (non-hydrogen) atoms. The Morgan fingerprint density at radius 2 is 1.96 bits per heavy atom. The summed E-state index contributed by atoms with van der Waals surface area (Å²) >= 11 is 0. The van der Waals surface area contributed by atoms with Crippen molar-refractivity contribution in [2.24, 2.45) is 0 Å². The van der Waals surface area contributed by atoms with Crippen LogP contribution in [0.4, 0.5) is 5.69 Å². The molecule has 3 heteroatoms. The molecule has 0 saturated carbocycles. The normalized spacial score (nSPS) is 26.3. The highest BCUT2D eigenvalue weighted by atomic mass is 16.3. The number of likely N-dealkylation sites (tertiary alicyclic amines) is 1. The topological polar surface area (TPSA) is 26.7 Å². The van der Waals surface area contributed by atoms with Crippen molar-refractivity contribution in [2.45, 2.75) is 31.3 Å². The number of likely N-dealkylation sites (N-methyl/N-ethyl adjacent to an activating group) is 1. The molecular weight excluding hydrogens is 284 g/mol. The zero-order valence-corrected chi connectivity index (χ0v) is 13.9. The molecule has 1 N–H and O–H groups in total. The lowest BCUT2D eigenvalue weighted by Crippen LogP contribution is -2.47. The van der Waals surface area contributed by atoms with Gasteiger partial charge in [-0.3, -0.25) is 4.90 Å². The van der Waals surface area contributed by atoms with Gasteiger partial charge in [0, 0.05) is 31.2 Å². The summed E-state index contributed by atoms with van der Waals surface area (Å²) in [5.41, 5.74) is 4.07. The first-order valence-corrected chi connectivity index (χ1v) is 8.44. The SMILES string of the molecule is CN1c2ccc(O)cc2[C@]2(C)CCN(CCc3ccccc3)C12. The van der Waals surface area contributed by atoms with Crippen molar-refractivity contribution in [2.75, 3.05) is 25.0 Å². The Bertz CT molecular complexity index is 715. The van der Waals surface area contributed by atoms with E-state index in [0.717, 1.165) is 25.9 Å². The van der Waals surface area contributed by atoms with E-state index in [-0.39, 0.29) is 5.41 Å². The molecule has 2 heterocycles. The number of benzene rings is 2. The van der Waals surface area contributed by atoms with Gasteiger partial charge in [0.15, 0.2) is 0 Å². The third kappa shape index (κ3) is 2.22. The summed E-state index contributed by atoms with van der Waals surface area (Å²) in [6.45, 7) is 4.55. The molecule has 0 aromatic heterocycles. The van der Waals surface area contributed by atoms with Crippen LogP contribution in [0.1, 0.15) is 24.5 Å². The number of phenols is 1. The number of rotatable bonds is 3. The maximum Gasteiger partial charge on any atom is 0.116 e. The summed E-state index contributed by atoms with van der Waals surface area (Å²) in [7, 11) is 2.19. The first kappa shape index (κ1) is 14.6. The van der Waals surface area contributed by atoms with Gasteiger partial charge >= 0.3 is 0 Å². The highest BCUT2D eigenvalue weighted by Gasteiger charge is 2.53. The Morgan fingerprint density at radius 3 is 2.74 bits per heavy atom. The van der Waals surface area contributed by atoms with Gasteiger partial charge in [0.05, 0.1) is 6.17 Å². The highest BCUT2D eigenvalue weighted by molar-refractivity contribution is 5.66. The molecule has 4 rings (SSSR count). The summed E-state index contributed by atoms with van der Waals surface area (Å²) in [6.07, 6.45) is 2.62. The molecule has 2 aromatic carbocycles. The first-order valence-electron chi connectivity index (χ1n) is 8.44. The van der Waals surface area contributed by atoms with Gasteiger partial charge in [-0.2, -0.15) is 0 Å². The number of hydrogen-bond donors (Lipinski definition) is 1. The van der Waals surface area contributed by atoms with Gasteiger partial charge in [0.2, 0.25) is 0 Å². The van der Waals surface area contributed by atoms with E-state index >= 15 is 0 Å². The van der Waals surface area contributed by atoms with Crippen LogP contribution in [0.5, 0.6) is 5.75 Å². The van der Waals surface area contributed by atoms with E-state index in [9.17, 15) is 5.11 Å². The number of nitrogens with zero attached hydrogens (tertiary/aromatic N) is 2. The molecule has 1 saturated heterocycles. The minimum absolute atomic E-state index is 0.111. The summed E-state index contributed by atoms with van der Waals surface area (Å²) < 4.78 is 0. The highest BCUT2D eigenvalue weighted by Crippen LogP contribution is 2.52. The Labute approximate surface area is 138 Å². The third-order valence-electron chi connectivity index (χ3n) is 5.71. The average molecular weight is 308 g/mol. The zero-order valence-electron chi connectivity index (χ0n) is 13.9. The van der Waals surface area contributed by atoms with Crippen LogP contribution in [0, 0.1) is 0 Å². The van der Waals surface area contributed by atoms with Crippen LogP contribution >= 0.6 is 0 Å². The predicted molar refractivity (Wildman–Crippen MR) is 94.0 cm³/mol. The quantitative estimate of drug-likeness (QED) is 0.942. The molecule has 0 spiro atoms. The monoisotopic (exact) mass is 308 g/mol. The van der Waals surface area contributed by atoms with Gasteiger partial charge in [0.1, 0.15) is 5.75 Å². The molecule has 0 radical (unpaired) electrons. The molecule has 2 atom stereocenters. The first-order chi connectivity index (χ1) is 11.1. The lowest BCUT2D eigenvalue weighted by molar-refractivity contribution is 0.226. The summed E-state index contributed by atoms with van der Waals surface area (Å²) in [4.78, 5) is 5.00. The molecule has 1 fully saturated rings. The molecule has 2 aliphatic rings. The molecule has 0 aliphatic carbocycles. The van der Waals surface area contributed by atoms with Crippen molar-refractivity contribution in [3.63, 3.8) is 0 Å². The van der Waals surface area contributed by atoms with Crippen molar-refractivity contribution in [3.8, 4) is 5.75 Å². The molecular formula is C20H24N2O. The van der Waals surface area contributed by atoms with Crippen LogP contribution in [0.3, 0.4) is 0 Å². The van der Waals surface area contributed by atoms with E-state index < -0.39 is 0 Å². The van der Waals surface area contributed by atoms with Gasteiger partial charge in [0.25, 0.3) is 0 Å². The standard InChI is InChI=1S/C20H24N2O/c1-20-11-13-22(12-10-15-6-4-3-5-7-15)19(20)21(2)18-9-8-16(23)14-17(18)20/h3-9,14,19,23H,10-13H2,1-2H3/t19?,20-/m0/s1. The smallest absolute Gasteiger partial charge is 0.116 e. The van der Waals surface area contributed by atoms with Crippen LogP contribution in [-0.4, -0.2) is 36.3 Å². The third-order valence-corrected chi connectivity index (χ3v) is 5.71. The lowest BCUT2D eigenvalue weighted by atomic mass is 9.81. The lowest BCUT2D eigenvalue weighted by Gasteiger charge is -2.34. The summed E-state index contributed by atoms with van der Waals surface area (Å²) in [5, 5.41) is 9.90. The molecule has 0 bridgehead atoms. The van der Waals surface area contributed by atoms with E-state index in [0.29, 0.717) is 11.9 Å². The van der Waals surface area contributed by atoms with Crippen molar-refractivity contribution in [1.82, 2.24) is 4.90 Å². The predicted octanol–water partition coefficient (Wildman–Crippen LogP) is 3.37. The van der Waals surface area contributed by atoms with Gasteiger partial charge in [-0.15, -0.1) is 0 Å². The van der Waals surface area contributed by atoms with E-state index in [2.05, 4.69) is 60.2 Å². The minimum atomic E-state index is 0.111. The van der Waals surface area contributed by atoms with Crippen LogP contribution in [-0.2, 0) is 11.8 Å².